The van der Waals surface area contributed by atoms with E-state index in [9.17, 15) is 4.79 Å². The number of nitrogens with zero attached hydrogens (tertiary/aromatic N) is 2. The Morgan fingerprint density at radius 1 is 1.40 bits per heavy atom. The van der Waals surface area contributed by atoms with Crippen LogP contribution in [0.2, 0.25) is 0 Å². The Labute approximate surface area is 120 Å². The maximum Gasteiger partial charge on any atom is 0.322 e. The molecule has 0 aliphatic heterocycles. The van der Waals surface area contributed by atoms with E-state index in [1.807, 2.05) is 20.8 Å². The summed E-state index contributed by atoms with van der Waals surface area (Å²) in [4.78, 5) is 16.0. The summed E-state index contributed by atoms with van der Waals surface area (Å²) in [6.07, 6.45) is 0.705. The minimum absolute atomic E-state index is 0.176. The molecule has 0 bridgehead atoms. The number of ether oxygens (including phenoxy) is 1. The minimum atomic E-state index is -0.350. The molecule has 1 heterocycles. The Morgan fingerprint density at radius 3 is 2.50 bits per heavy atom. The van der Waals surface area contributed by atoms with Crippen molar-refractivity contribution in [2.24, 2.45) is 5.92 Å². The van der Waals surface area contributed by atoms with Gasteiger partial charge in [-0.25, -0.2) is 0 Å². The molecule has 1 aromatic rings. The lowest BCUT2D eigenvalue weighted by atomic mass is 9.97. The van der Waals surface area contributed by atoms with Crippen molar-refractivity contribution in [3.63, 3.8) is 0 Å². The van der Waals surface area contributed by atoms with Crippen molar-refractivity contribution in [3.05, 3.63) is 11.7 Å². The molecule has 0 aliphatic carbocycles. The van der Waals surface area contributed by atoms with Gasteiger partial charge in [-0.2, -0.15) is 4.98 Å². The molecule has 6 nitrogen and oxygen atoms in total. The molecule has 1 rings (SSSR count). The van der Waals surface area contributed by atoms with Crippen molar-refractivity contribution in [2.75, 3.05) is 7.11 Å². The van der Waals surface area contributed by atoms with E-state index in [2.05, 4.69) is 29.3 Å². The summed E-state index contributed by atoms with van der Waals surface area (Å²) < 4.78 is 10.0. The van der Waals surface area contributed by atoms with E-state index in [4.69, 9.17) is 9.26 Å². The van der Waals surface area contributed by atoms with Gasteiger partial charge in [0.15, 0.2) is 5.82 Å². The molecule has 0 radical (unpaired) electrons. The Hall–Kier alpha value is -1.43. The normalized spacial score (nSPS) is 13.6. The van der Waals surface area contributed by atoms with Crippen molar-refractivity contribution < 1.29 is 14.1 Å². The second kappa shape index (κ2) is 6.83. The van der Waals surface area contributed by atoms with Crippen molar-refractivity contribution in [2.45, 2.75) is 59.0 Å². The fourth-order valence-corrected chi connectivity index (χ4v) is 1.72. The molecule has 20 heavy (non-hydrogen) atoms. The number of esters is 1. The highest BCUT2D eigenvalue weighted by Crippen LogP contribution is 2.19. The van der Waals surface area contributed by atoms with Crippen molar-refractivity contribution >= 4 is 5.97 Å². The Bertz CT molecular complexity index is 435. The predicted molar refractivity (Wildman–Crippen MR) is 75.1 cm³/mol. The Morgan fingerprint density at radius 2 is 2.05 bits per heavy atom. The van der Waals surface area contributed by atoms with Gasteiger partial charge in [0, 0.05) is 5.41 Å². The van der Waals surface area contributed by atoms with Gasteiger partial charge in [-0.15, -0.1) is 0 Å². The summed E-state index contributed by atoms with van der Waals surface area (Å²) in [5.41, 5.74) is -0.176. The SMILES string of the molecule is COC(=O)C(CC(C)C)NCc1noc(C(C)(C)C)n1. The number of nitrogens with one attached hydrogen (secondary N) is 1. The van der Waals surface area contributed by atoms with Crippen LogP contribution < -0.4 is 5.32 Å². The quantitative estimate of drug-likeness (QED) is 0.805. The summed E-state index contributed by atoms with van der Waals surface area (Å²) in [6, 6.07) is -0.350. The number of carbonyl (C=O) groups is 1. The van der Waals surface area contributed by atoms with E-state index < -0.39 is 0 Å². The third kappa shape index (κ3) is 4.92. The van der Waals surface area contributed by atoms with Gasteiger partial charge >= 0.3 is 5.97 Å². The number of rotatable bonds is 6. The summed E-state index contributed by atoms with van der Waals surface area (Å²) in [7, 11) is 1.39. The van der Waals surface area contributed by atoms with Crippen LogP contribution in [-0.4, -0.2) is 29.3 Å². The van der Waals surface area contributed by atoms with E-state index in [0.29, 0.717) is 30.6 Å². The number of hydrogen-bond donors (Lipinski definition) is 1. The summed E-state index contributed by atoms with van der Waals surface area (Å²) in [5, 5.41) is 7.04. The molecular formula is C14H25N3O3. The zero-order chi connectivity index (χ0) is 15.3. The van der Waals surface area contributed by atoms with Crippen LogP contribution in [0, 0.1) is 5.92 Å². The summed E-state index contributed by atoms with van der Waals surface area (Å²) in [6.45, 7) is 10.5. The van der Waals surface area contributed by atoms with Crippen molar-refractivity contribution in [1.29, 1.82) is 0 Å². The molecular weight excluding hydrogens is 258 g/mol. The van der Waals surface area contributed by atoms with Gasteiger partial charge in [-0.05, 0) is 12.3 Å². The van der Waals surface area contributed by atoms with Gasteiger partial charge in [0.1, 0.15) is 6.04 Å². The van der Waals surface area contributed by atoms with Gasteiger partial charge in [0.2, 0.25) is 5.89 Å². The van der Waals surface area contributed by atoms with Crippen LogP contribution in [0.3, 0.4) is 0 Å². The van der Waals surface area contributed by atoms with Gasteiger partial charge in [-0.1, -0.05) is 39.8 Å². The second-order valence-electron chi connectivity index (χ2n) is 6.35. The molecule has 0 spiro atoms. The molecule has 0 aliphatic rings. The van der Waals surface area contributed by atoms with Crippen LogP contribution in [0.1, 0.15) is 52.8 Å². The molecule has 1 aromatic heterocycles. The first-order valence-electron chi connectivity index (χ1n) is 6.88. The molecule has 0 saturated carbocycles. The highest BCUT2D eigenvalue weighted by Gasteiger charge is 2.23. The third-order valence-corrected chi connectivity index (χ3v) is 2.81. The lowest BCUT2D eigenvalue weighted by Gasteiger charge is -2.17. The fraction of sp³-hybridized carbons (Fsp3) is 0.786. The topological polar surface area (TPSA) is 77.2 Å². The van der Waals surface area contributed by atoms with Crippen LogP contribution in [0.5, 0.6) is 0 Å². The zero-order valence-electron chi connectivity index (χ0n) is 13.2. The zero-order valence-corrected chi connectivity index (χ0v) is 13.2. The molecule has 1 atom stereocenters. The first kappa shape index (κ1) is 16.6. The van der Waals surface area contributed by atoms with E-state index in [-0.39, 0.29) is 17.4 Å². The van der Waals surface area contributed by atoms with Gasteiger partial charge in [-0.3, -0.25) is 10.1 Å². The van der Waals surface area contributed by atoms with Crippen LogP contribution >= 0.6 is 0 Å². The number of aromatic nitrogens is 2. The molecule has 0 saturated heterocycles. The first-order valence-corrected chi connectivity index (χ1v) is 6.88. The van der Waals surface area contributed by atoms with Gasteiger partial charge < -0.3 is 9.26 Å². The lowest BCUT2D eigenvalue weighted by molar-refractivity contribution is -0.143. The van der Waals surface area contributed by atoms with Crippen LogP contribution in [0.4, 0.5) is 0 Å². The molecule has 6 heteroatoms. The monoisotopic (exact) mass is 283 g/mol. The fourth-order valence-electron chi connectivity index (χ4n) is 1.72. The average Bonchev–Trinajstić information content (AvgIpc) is 2.81. The molecule has 0 aromatic carbocycles. The summed E-state index contributed by atoms with van der Waals surface area (Å²) in [5.74, 6) is 1.26. The Balaban J connectivity index is 2.63. The maximum absolute atomic E-state index is 11.7. The minimum Gasteiger partial charge on any atom is -0.468 e. The van der Waals surface area contributed by atoms with Gasteiger partial charge in [0.25, 0.3) is 0 Å². The summed E-state index contributed by atoms with van der Waals surface area (Å²) >= 11 is 0. The van der Waals surface area contributed by atoms with E-state index in [1.54, 1.807) is 0 Å². The second-order valence-corrected chi connectivity index (χ2v) is 6.35. The molecule has 1 N–H and O–H groups in total. The highest BCUT2D eigenvalue weighted by molar-refractivity contribution is 5.75. The largest absolute Gasteiger partial charge is 0.468 e. The van der Waals surface area contributed by atoms with Crippen molar-refractivity contribution in [3.8, 4) is 0 Å². The van der Waals surface area contributed by atoms with Crippen LogP contribution in [-0.2, 0) is 21.5 Å². The Kier molecular flexibility index (Phi) is 5.68. The molecule has 1 unspecified atom stereocenters. The van der Waals surface area contributed by atoms with Crippen LogP contribution in [0.15, 0.2) is 4.52 Å². The standard InChI is InChI=1S/C14H25N3O3/c1-9(2)7-10(12(18)19-6)15-8-11-16-13(20-17-11)14(3,4)5/h9-10,15H,7-8H2,1-6H3. The molecule has 0 amide bonds. The maximum atomic E-state index is 11.7. The highest BCUT2D eigenvalue weighted by atomic mass is 16.5. The smallest absolute Gasteiger partial charge is 0.322 e. The number of hydrogen-bond acceptors (Lipinski definition) is 6. The average molecular weight is 283 g/mol. The van der Waals surface area contributed by atoms with Gasteiger partial charge in [0.05, 0.1) is 13.7 Å². The van der Waals surface area contributed by atoms with E-state index in [0.717, 1.165) is 0 Å². The molecule has 0 fully saturated rings. The molecule has 114 valence electrons. The van der Waals surface area contributed by atoms with E-state index >= 15 is 0 Å². The van der Waals surface area contributed by atoms with E-state index in [1.165, 1.54) is 7.11 Å². The predicted octanol–water partition coefficient (Wildman–Crippen LogP) is 2.04. The third-order valence-electron chi connectivity index (χ3n) is 2.81. The first-order chi connectivity index (χ1) is 9.24. The lowest BCUT2D eigenvalue weighted by Crippen LogP contribution is -2.38. The van der Waals surface area contributed by atoms with Crippen LogP contribution in [0.25, 0.3) is 0 Å². The van der Waals surface area contributed by atoms with Crippen molar-refractivity contribution in [1.82, 2.24) is 15.5 Å². The number of methoxy groups -OCH3 is 1. The number of carbonyl (C=O) groups excluding carboxylic acids is 1.